The molecule has 94 valence electrons. The van der Waals surface area contributed by atoms with Crippen molar-refractivity contribution < 1.29 is 0 Å². The quantitative estimate of drug-likeness (QED) is 0.622. The summed E-state index contributed by atoms with van der Waals surface area (Å²) in [5, 5.41) is 0. The normalized spacial score (nSPS) is 12.3. The molecular formula is C16H20N2. The molecular weight excluding hydrogens is 220 g/mol. The molecule has 0 fully saturated rings. The van der Waals surface area contributed by atoms with E-state index in [2.05, 4.69) is 60.9 Å². The summed E-state index contributed by atoms with van der Waals surface area (Å²) in [5.74, 6) is 5.50. The highest BCUT2D eigenvalue weighted by molar-refractivity contribution is 5.63. The molecule has 3 N–H and O–H groups in total. The molecule has 0 spiro atoms. The minimum atomic E-state index is 0.354. The molecule has 2 aromatic carbocycles. The first kappa shape index (κ1) is 12.8. The van der Waals surface area contributed by atoms with Crippen LogP contribution in [0.2, 0.25) is 0 Å². The second-order valence-corrected chi connectivity index (χ2v) is 4.54. The van der Waals surface area contributed by atoms with Gasteiger partial charge in [-0.1, -0.05) is 61.5 Å². The number of hydrogen-bond acceptors (Lipinski definition) is 2. The Bertz CT molecular complexity index is 458. The molecule has 1 atom stereocenters. The first-order valence-corrected chi connectivity index (χ1v) is 6.44. The zero-order chi connectivity index (χ0) is 12.8. The molecule has 0 radical (unpaired) electrons. The summed E-state index contributed by atoms with van der Waals surface area (Å²) in [6, 6.07) is 19.5. The second kappa shape index (κ2) is 6.34. The lowest BCUT2D eigenvalue weighted by Gasteiger charge is -2.13. The first-order chi connectivity index (χ1) is 8.83. The lowest BCUT2D eigenvalue weighted by molar-refractivity contribution is 0.511. The lowest BCUT2D eigenvalue weighted by Crippen LogP contribution is -2.36. The maximum atomic E-state index is 5.50. The van der Waals surface area contributed by atoms with Crippen LogP contribution in [0.25, 0.3) is 11.1 Å². The van der Waals surface area contributed by atoms with E-state index in [9.17, 15) is 0 Å². The van der Waals surface area contributed by atoms with Crippen LogP contribution in [-0.4, -0.2) is 6.04 Å². The number of nitrogens with one attached hydrogen (secondary N) is 1. The molecule has 0 aromatic heterocycles. The molecule has 0 saturated carbocycles. The van der Waals surface area contributed by atoms with E-state index in [1.54, 1.807) is 0 Å². The summed E-state index contributed by atoms with van der Waals surface area (Å²) in [4.78, 5) is 0. The maximum Gasteiger partial charge on any atom is 0.0248 e. The van der Waals surface area contributed by atoms with Crippen LogP contribution < -0.4 is 11.3 Å². The highest BCUT2D eigenvalue weighted by atomic mass is 15.2. The fourth-order valence-electron chi connectivity index (χ4n) is 2.07. The van der Waals surface area contributed by atoms with Crippen LogP contribution in [0.1, 0.15) is 18.9 Å². The van der Waals surface area contributed by atoms with Gasteiger partial charge in [-0.15, -0.1) is 0 Å². The number of rotatable bonds is 5. The zero-order valence-electron chi connectivity index (χ0n) is 10.8. The molecule has 18 heavy (non-hydrogen) atoms. The Kier molecular flexibility index (Phi) is 4.51. The highest BCUT2D eigenvalue weighted by Gasteiger charge is 2.05. The van der Waals surface area contributed by atoms with E-state index in [1.807, 2.05) is 6.07 Å². The zero-order valence-corrected chi connectivity index (χ0v) is 10.8. The number of hydrazine groups is 1. The summed E-state index contributed by atoms with van der Waals surface area (Å²) >= 11 is 0. The van der Waals surface area contributed by atoms with Crippen LogP contribution in [0.15, 0.2) is 54.6 Å². The summed E-state index contributed by atoms with van der Waals surface area (Å²) < 4.78 is 0. The van der Waals surface area contributed by atoms with Gasteiger partial charge in [-0.05, 0) is 29.5 Å². The van der Waals surface area contributed by atoms with Crippen molar-refractivity contribution in [3.63, 3.8) is 0 Å². The van der Waals surface area contributed by atoms with Crippen molar-refractivity contribution in [3.8, 4) is 11.1 Å². The highest BCUT2D eigenvalue weighted by Crippen LogP contribution is 2.19. The monoisotopic (exact) mass is 240 g/mol. The van der Waals surface area contributed by atoms with Crippen molar-refractivity contribution in [3.05, 3.63) is 60.2 Å². The molecule has 0 saturated heterocycles. The van der Waals surface area contributed by atoms with E-state index in [1.165, 1.54) is 16.7 Å². The predicted molar refractivity (Wildman–Crippen MR) is 77.0 cm³/mol. The van der Waals surface area contributed by atoms with Crippen molar-refractivity contribution in [1.82, 2.24) is 5.43 Å². The summed E-state index contributed by atoms with van der Waals surface area (Å²) in [5.41, 5.74) is 6.68. The molecule has 0 aliphatic carbocycles. The van der Waals surface area contributed by atoms with Gasteiger partial charge in [0.2, 0.25) is 0 Å². The van der Waals surface area contributed by atoms with E-state index in [0.29, 0.717) is 6.04 Å². The van der Waals surface area contributed by atoms with Crippen molar-refractivity contribution in [1.29, 1.82) is 0 Å². The van der Waals surface area contributed by atoms with Crippen molar-refractivity contribution in [2.24, 2.45) is 5.84 Å². The Balaban J connectivity index is 2.11. The molecule has 1 unspecified atom stereocenters. The topological polar surface area (TPSA) is 38.0 Å². The van der Waals surface area contributed by atoms with Crippen molar-refractivity contribution >= 4 is 0 Å². The van der Waals surface area contributed by atoms with Crippen LogP contribution in [0, 0.1) is 0 Å². The Morgan fingerprint density at radius 1 is 0.944 bits per heavy atom. The van der Waals surface area contributed by atoms with Gasteiger partial charge in [-0.25, -0.2) is 0 Å². The molecule has 0 heterocycles. The summed E-state index contributed by atoms with van der Waals surface area (Å²) in [6.45, 7) is 2.14. The lowest BCUT2D eigenvalue weighted by atomic mass is 10.00. The molecule has 0 amide bonds. The molecule has 0 aliphatic heterocycles. The van der Waals surface area contributed by atoms with E-state index in [-0.39, 0.29) is 0 Å². The third-order valence-electron chi connectivity index (χ3n) is 3.27. The maximum absolute atomic E-state index is 5.50. The van der Waals surface area contributed by atoms with Crippen molar-refractivity contribution in [2.45, 2.75) is 25.8 Å². The van der Waals surface area contributed by atoms with Gasteiger partial charge in [0.05, 0.1) is 0 Å². The van der Waals surface area contributed by atoms with Gasteiger partial charge in [0.25, 0.3) is 0 Å². The third kappa shape index (κ3) is 3.19. The predicted octanol–water partition coefficient (Wildman–Crippen LogP) is 3.14. The molecule has 2 heteroatoms. The van der Waals surface area contributed by atoms with Crippen molar-refractivity contribution in [2.75, 3.05) is 0 Å². The fourth-order valence-corrected chi connectivity index (χ4v) is 2.07. The minimum Gasteiger partial charge on any atom is -0.271 e. The largest absolute Gasteiger partial charge is 0.271 e. The molecule has 2 rings (SSSR count). The first-order valence-electron chi connectivity index (χ1n) is 6.44. The fraction of sp³-hybridized carbons (Fsp3) is 0.250. The standard InChI is InChI=1S/C16H20N2/c1-2-16(18-17)12-13-8-10-15(11-9-13)14-6-4-3-5-7-14/h3-11,16,18H,2,12,17H2,1H3. The molecule has 2 aromatic rings. The van der Waals surface area contributed by atoms with Gasteiger partial charge < -0.3 is 0 Å². The van der Waals surface area contributed by atoms with Gasteiger partial charge in [-0.2, -0.15) is 0 Å². The Hall–Kier alpha value is -1.64. The Morgan fingerprint density at radius 3 is 2.11 bits per heavy atom. The van der Waals surface area contributed by atoms with Gasteiger partial charge in [-0.3, -0.25) is 11.3 Å². The van der Waals surface area contributed by atoms with E-state index >= 15 is 0 Å². The Morgan fingerprint density at radius 2 is 1.56 bits per heavy atom. The average molecular weight is 240 g/mol. The third-order valence-corrected chi connectivity index (χ3v) is 3.27. The minimum absolute atomic E-state index is 0.354. The van der Waals surface area contributed by atoms with Gasteiger partial charge in [0.1, 0.15) is 0 Å². The van der Waals surface area contributed by atoms with E-state index in [0.717, 1.165) is 12.8 Å². The van der Waals surface area contributed by atoms with Crippen LogP contribution in [0.3, 0.4) is 0 Å². The molecule has 0 bridgehead atoms. The van der Waals surface area contributed by atoms with Crippen LogP contribution in [0.5, 0.6) is 0 Å². The van der Waals surface area contributed by atoms with Gasteiger partial charge in [0.15, 0.2) is 0 Å². The van der Waals surface area contributed by atoms with Crippen LogP contribution >= 0.6 is 0 Å². The van der Waals surface area contributed by atoms with Gasteiger partial charge in [0, 0.05) is 6.04 Å². The Labute approximate surface area is 109 Å². The second-order valence-electron chi connectivity index (χ2n) is 4.54. The van der Waals surface area contributed by atoms with Crippen LogP contribution in [0.4, 0.5) is 0 Å². The number of benzene rings is 2. The average Bonchev–Trinajstić information content (AvgIpc) is 2.46. The van der Waals surface area contributed by atoms with Crippen LogP contribution in [-0.2, 0) is 6.42 Å². The van der Waals surface area contributed by atoms with E-state index < -0.39 is 0 Å². The molecule has 0 aliphatic rings. The summed E-state index contributed by atoms with van der Waals surface area (Å²) in [7, 11) is 0. The smallest absolute Gasteiger partial charge is 0.0248 e. The summed E-state index contributed by atoms with van der Waals surface area (Å²) in [6.07, 6.45) is 2.01. The van der Waals surface area contributed by atoms with Gasteiger partial charge >= 0.3 is 0 Å². The molecule has 2 nitrogen and oxygen atoms in total. The SMILES string of the molecule is CCC(Cc1ccc(-c2ccccc2)cc1)NN. The van der Waals surface area contributed by atoms with E-state index in [4.69, 9.17) is 5.84 Å². The number of hydrogen-bond donors (Lipinski definition) is 2. The number of nitrogens with two attached hydrogens (primary N) is 1.